The van der Waals surface area contributed by atoms with Crippen molar-refractivity contribution in [1.29, 1.82) is 0 Å². The quantitative estimate of drug-likeness (QED) is 0.860. The second kappa shape index (κ2) is 7.11. The molecule has 1 aromatic carbocycles. The zero-order valence-electron chi connectivity index (χ0n) is 12.6. The molecule has 1 heterocycles. The first-order valence-corrected chi connectivity index (χ1v) is 10.0. The number of benzene rings is 1. The highest BCUT2D eigenvalue weighted by Crippen LogP contribution is 2.29. The van der Waals surface area contributed by atoms with Gasteiger partial charge < -0.3 is 10.2 Å². The average Bonchev–Trinajstić information content (AvgIpc) is 2.44. The summed E-state index contributed by atoms with van der Waals surface area (Å²) < 4.78 is 24.1. The third kappa shape index (κ3) is 4.44. The van der Waals surface area contributed by atoms with Crippen LogP contribution in [0.4, 0.5) is 5.69 Å². The zero-order valence-corrected chi connectivity index (χ0v) is 15.0. The summed E-state index contributed by atoms with van der Waals surface area (Å²) in [5.74, 6) is 0.502. The Hall–Kier alpha value is -0.590. The lowest BCUT2D eigenvalue weighted by Gasteiger charge is -2.29. The lowest BCUT2D eigenvalue weighted by atomic mass is 10.1. The van der Waals surface area contributed by atoms with Crippen LogP contribution >= 0.6 is 15.9 Å². The van der Waals surface area contributed by atoms with Gasteiger partial charge in [0.2, 0.25) is 0 Å². The van der Waals surface area contributed by atoms with Crippen LogP contribution in [0.25, 0.3) is 0 Å². The summed E-state index contributed by atoms with van der Waals surface area (Å²) >= 11 is 3.64. The first-order chi connectivity index (χ1) is 9.93. The number of halogens is 1. The van der Waals surface area contributed by atoms with E-state index in [9.17, 15) is 8.42 Å². The van der Waals surface area contributed by atoms with Crippen molar-refractivity contribution in [2.24, 2.45) is 0 Å². The van der Waals surface area contributed by atoms with E-state index in [-0.39, 0.29) is 11.5 Å². The Morgan fingerprint density at radius 3 is 2.57 bits per heavy atom. The fourth-order valence-electron chi connectivity index (χ4n) is 2.51. The van der Waals surface area contributed by atoms with Crippen LogP contribution in [0.1, 0.15) is 31.9 Å². The molecular formula is C15H23BrN2O2S. The first-order valence-electron chi connectivity index (χ1n) is 7.41. The highest BCUT2D eigenvalue weighted by atomic mass is 79.9. The Morgan fingerprint density at radius 1 is 1.33 bits per heavy atom. The lowest BCUT2D eigenvalue weighted by Crippen LogP contribution is -2.40. The molecule has 0 saturated carbocycles. The number of nitrogens with zero attached hydrogens (tertiary/aromatic N) is 1. The van der Waals surface area contributed by atoms with Crippen LogP contribution in [0, 0.1) is 0 Å². The van der Waals surface area contributed by atoms with Crippen LogP contribution in [0.2, 0.25) is 0 Å². The molecule has 0 aliphatic carbocycles. The van der Waals surface area contributed by atoms with E-state index in [1.54, 1.807) is 0 Å². The molecule has 1 aromatic rings. The minimum atomic E-state index is -2.83. The molecule has 0 bridgehead atoms. The van der Waals surface area contributed by atoms with Gasteiger partial charge in [-0.25, -0.2) is 8.42 Å². The van der Waals surface area contributed by atoms with Crippen molar-refractivity contribution in [1.82, 2.24) is 5.32 Å². The second-order valence-electron chi connectivity index (χ2n) is 5.52. The summed E-state index contributed by atoms with van der Waals surface area (Å²) in [5, 5.41) is 3.48. The SMILES string of the molecule is CCCNC(C)c1ccc(N2CCS(=O)(=O)CC2)cc1Br. The molecule has 0 amide bonds. The third-order valence-corrected chi connectivity index (χ3v) is 6.16. The molecule has 1 N–H and O–H groups in total. The average molecular weight is 375 g/mol. The number of hydrogen-bond donors (Lipinski definition) is 1. The maximum Gasteiger partial charge on any atom is 0.153 e. The highest BCUT2D eigenvalue weighted by Gasteiger charge is 2.22. The molecule has 4 nitrogen and oxygen atoms in total. The van der Waals surface area contributed by atoms with Gasteiger partial charge in [-0.05, 0) is 37.6 Å². The van der Waals surface area contributed by atoms with Crippen molar-refractivity contribution < 1.29 is 8.42 Å². The predicted molar refractivity (Wildman–Crippen MR) is 91.7 cm³/mol. The smallest absolute Gasteiger partial charge is 0.153 e. The molecule has 1 atom stereocenters. The summed E-state index contributed by atoms with van der Waals surface area (Å²) in [6.45, 7) is 6.47. The van der Waals surface area contributed by atoms with Gasteiger partial charge in [-0.15, -0.1) is 0 Å². The van der Waals surface area contributed by atoms with Crippen LogP contribution in [0.15, 0.2) is 22.7 Å². The van der Waals surface area contributed by atoms with Crippen LogP contribution in [-0.4, -0.2) is 39.6 Å². The maximum atomic E-state index is 11.5. The van der Waals surface area contributed by atoms with Crippen LogP contribution in [-0.2, 0) is 9.84 Å². The van der Waals surface area contributed by atoms with Gasteiger partial charge in [0.1, 0.15) is 0 Å². The van der Waals surface area contributed by atoms with Gasteiger partial charge in [0, 0.05) is 29.3 Å². The van der Waals surface area contributed by atoms with Gasteiger partial charge in [-0.2, -0.15) is 0 Å². The van der Waals surface area contributed by atoms with Crippen LogP contribution < -0.4 is 10.2 Å². The predicted octanol–water partition coefficient (Wildman–Crippen LogP) is 2.74. The van der Waals surface area contributed by atoms with E-state index in [1.807, 2.05) is 0 Å². The first kappa shape index (κ1) is 16.8. The fraction of sp³-hybridized carbons (Fsp3) is 0.600. The van der Waals surface area contributed by atoms with Crippen LogP contribution in [0.3, 0.4) is 0 Å². The van der Waals surface area contributed by atoms with E-state index in [4.69, 9.17) is 0 Å². The normalized spacial score (nSPS) is 19.5. The standard InChI is InChI=1S/C15H23BrN2O2S/c1-3-6-17-12(2)14-5-4-13(11-15(14)16)18-7-9-21(19,20)10-8-18/h4-5,11-12,17H,3,6-10H2,1-2H3. The Kier molecular flexibility index (Phi) is 5.68. The van der Waals surface area contributed by atoms with Crippen molar-refractivity contribution in [3.05, 3.63) is 28.2 Å². The molecule has 1 unspecified atom stereocenters. The topological polar surface area (TPSA) is 49.4 Å². The summed E-state index contributed by atoms with van der Waals surface area (Å²) in [5.41, 5.74) is 2.32. The molecular weight excluding hydrogens is 352 g/mol. The highest BCUT2D eigenvalue weighted by molar-refractivity contribution is 9.10. The van der Waals surface area contributed by atoms with Gasteiger partial charge in [0.15, 0.2) is 9.84 Å². The summed E-state index contributed by atoms with van der Waals surface area (Å²) in [6, 6.07) is 6.60. The van der Waals surface area contributed by atoms with Gasteiger partial charge >= 0.3 is 0 Å². The molecule has 0 aromatic heterocycles. The number of hydrogen-bond acceptors (Lipinski definition) is 4. The fourth-order valence-corrected chi connectivity index (χ4v) is 4.42. The Morgan fingerprint density at radius 2 is 2.00 bits per heavy atom. The van der Waals surface area contributed by atoms with E-state index < -0.39 is 9.84 Å². The third-order valence-electron chi connectivity index (χ3n) is 3.86. The maximum absolute atomic E-state index is 11.5. The molecule has 1 fully saturated rings. The van der Waals surface area contributed by atoms with Crippen molar-refractivity contribution in [3.63, 3.8) is 0 Å². The van der Waals surface area contributed by atoms with Crippen molar-refractivity contribution >= 4 is 31.5 Å². The molecule has 2 rings (SSSR count). The zero-order chi connectivity index (χ0) is 15.5. The van der Waals surface area contributed by atoms with Gasteiger partial charge in [-0.1, -0.05) is 28.9 Å². The summed E-state index contributed by atoms with van der Waals surface area (Å²) in [7, 11) is -2.83. The number of rotatable bonds is 5. The lowest BCUT2D eigenvalue weighted by molar-refractivity contribution is 0.569. The number of sulfone groups is 1. The van der Waals surface area contributed by atoms with Gasteiger partial charge in [0.05, 0.1) is 11.5 Å². The van der Waals surface area contributed by atoms with Crippen molar-refractivity contribution in [2.45, 2.75) is 26.3 Å². The molecule has 1 saturated heterocycles. The van der Waals surface area contributed by atoms with Crippen LogP contribution in [0.5, 0.6) is 0 Å². The van der Waals surface area contributed by atoms with E-state index in [0.717, 1.165) is 23.1 Å². The molecule has 118 valence electrons. The minimum Gasteiger partial charge on any atom is -0.369 e. The largest absolute Gasteiger partial charge is 0.369 e. The van der Waals surface area contributed by atoms with E-state index in [2.05, 4.69) is 58.2 Å². The van der Waals surface area contributed by atoms with Gasteiger partial charge in [0.25, 0.3) is 0 Å². The molecule has 0 spiro atoms. The van der Waals surface area contributed by atoms with Crippen molar-refractivity contribution in [3.8, 4) is 0 Å². The number of anilines is 1. The Balaban J connectivity index is 2.08. The Bertz CT molecular complexity index is 575. The molecule has 21 heavy (non-hydrogen) atoms. The Labute approximate surface area is 136 Å². The van der Waals surface area contributed by atoms with E-state index in [1.165, 1.54) is 5.56 Å². The molecule has 1 aliphatic heterocycles. The minimum absolute atomic E-state index is 0.251. The molecule has 0 radical (unpaired) electrons. The number of nitrogens with one attached hydrogen (secondary N) is 1. The summed E-state index contributed by atoms with van der Waals surface area (Å²) in [6.07, 6.45) is 1.11. The van der Waals surface area contributed by atoms with E-state index >= 15 is 0 Å². The summed E-state index contributed by atoms with van der Waals surface area (Å²) in [4.78, 5) is 2.14. The second-order valence-corrected chi connectivity index (χ2v) is 8.68. The molecule has 6 heteroatoms. The monoisotopic (exact) mass is 374 g/mol. The van der Waals surface area contributed by atoms with E-state index in [0.29, 0.717) is 19.1 Å². The van der Waals surface area contributed by atoms with Crippen molar-refractivity contribution in [2.75, 3.05) is 36.0 Å². The molecule has 1 aliphatic rings. The van der Waals surface area contributed by atoms with Gasteiger partial charge in [-0.3, -0.25) is 0 Å².